The van der Waals surface area contributed by atoms with Gasteiger partial charge in [-0.05, 0) is 25.1 Å². The van der Waals surface area contributed by atoms with Gasteiger partial charge in [0.1, 0.15) is 28.5 Å². The van der Waals surface area contributed by atoms with Gasteiger partial charge < -0.3 is 19.2 Å². The Morgan fingerprint density at radius 3 is 2.46 bits per heavy atom. The number of benzene rings is 1. The smallest absolute Gasteiger partial charge is 0.339 e. The Kier molecular flexibility index (Phi) is 4.87. The van der Waals surface area contributed by atoms with Crippen LogP contribution in [-0.4, -0.2) is 36.0 Å². The lowest BCUT2D eigenvalue weighted by Gasteiger charge is -2.18. The van der Waals surface area contributed by atoms with Gasteiger partial charge in [-0.3, -0.25) is 4.79 Å². The highest BCUT2D eigenvalue weighted by molar-refractivity contribution is 5.97. The van der Waals surface area contributed by atoms with E-state index in [4.69, 9.17) is 14.3 Å². The molecule has 8 heteroatoms. The van der Waals surface area contributed by atoms with Crippen molar-refractivity contribution < 1.29 is 32.6 Å². The van der Waals surface area contributed by atoms with E-state index in [0.29, 0.717) is 0 Å². The van der Waals surface area contributed by atoms with Crippen molar-refractivity contribution in [3.8, 4) is 5.75 Å². The lowest BCUT2D eigenvalue weighted by Crippen LogP contribution is -2.27. The Morgan fingerprint density at radius 2 is 1.92 bits per heavy atom. The molecule has 24 heavy (non-hydrogen) atoms. The van der Waals surface area contributed by atoms with Crippen molar-refractivity contribution in [1.82, 2.24) is 4.90 Å². The number of halogens is 2. The number of amides is 1. The number of carboxylic acids is 1. The van der Waals surface area contributed by atoms with E-state index in [2.05, 4.69) is 0 Å². The van der Waals surface area contributed by atoms with E-state index in [1.165, 1.54) is 20.0 Å². The average Bonchev–Trinajstić information content (AvgIpc) is 2.89. The maximum absolute atomic E-state index is 13.9. The fraction of sp³-hybridized carbons (Fsp3) is 0.250. The van der Waals surface area contributed by atoms with E-state index in [9.17, 15) is 18.4 Å². The van der Waals surface area contributed by atoms with Gasteiger partial charge in [0.15, 0.2) is 11.6 Å². The molecule has 0 aliphatic heterocycles. The number of ether oxygens (including phenoxy) is 1. The summed E-state index contributed by atoms with van der Waals surface area (Å²) in [7, 11) is 2.48. The van der Waals surface area contributed by atoms with Crippen LogP contribution in [-0.2, 0) is 6.54 Å². The summed E-state index contributed by atoms with van der Waals surface area (Å²) < 4.78 is 37.7. The van der Waals surface area contributed by atoms with Crippen LogP contribution in [0.4, 0.5) is 8.78 Å². The van der Waals surface area contributed by atoms with Crippen molar-refractivity contribution in [2.75, 3.05) is 14.2 Å². The Hall–Kier alpha value is -2.90. The number of furan rings is 1. The number of nitrogens with zero attached hydrogens (tertiary/aromatic N) is 1. The van der Waals surface area contributed by atoms with E-state index in [1.807, 2.05) is 0 Å². The molecule has 0 saturated carbocycles. The number of carboxylic acid groups (broad SMARTS) is 1. The molecule has 6 nitrogen and oxygen atoms in total. The van der Waals surface area contributed by atoms with E-state index >= 15 is 0 Å². The molecule has 0 radical (unpaired) electrons. The molecule has 1 aromatic heterocycles. The summed E-state index contributed by atoms with van der Waals surface area (Å²) in [6.07, 6.45) is 0. The lowest BCUT2D eigenvalue weighted by molar-refractivity contribution is 0.0693. The van der Waals surface area contributed by atoms with Crippen molar-refractivity contribution in [3.05, 3.63) is 52.5 Å². The van der Waals surface area contributed by atoms with Gasteiger partial charge in [-0.25, -0.2) is 13.6 Å². The Morgan fingerprint density at radius 1 is 1.29 bits per heavy atom. The van der Waals surface area contributed by atoms with Gasteiger partial charge in [0, 0.05) is 7.05 Å². The van der Waals surface area contributed by atoms with Crippen molar-refractivity contribution in [1.29, 1.82) is 0 Å². The van der Waals surface area contributed by atoms with Crippen LogP contribution in [0.15, 0.2) is 22.6 Å². The van der Waals surface area contributed by atoms with Crippen LogP contribution in [0.25, 0.3) is 0 Å². The van der Waals surface area contributed by atoms with Crippen molar-refractivity contribution in [3.63, 3.8) is 0 Å². The fourth-order valence-electron chi connectivity index (χ4n) is 2.26. The minimum Gasteiger partial charge on any atom is -0.493 e. The number of carbonyl (C=O) groups is 2. The summed E-state index contributed by atoms with van der Waals surface area (Å²) >= 11 is 0. The van der Waals surface area contributed by atoms with Gasteiger partial charge in [-0.2, -0.15) is 0 Å². The van der Waals surface area contributed by atoms with Crippen molar-refractivity contribution >= 4 is 11.9 Å². The summed E-state index contributed by atoms with van der Waals surface area (Å²) in [5.74, 6) is -3.87. The van der Waals surface area contributed by atoms with Gasteiger partial charge in [-0.15, -0.1) is 0 Å². The minimum absolute atomic E-state index is 0.0274. The minimum atomic E-state index is -1.16. The molecule has 1 aromatic carbocycles. The number of aromatic carboxylic acids is 1. The molecule has 0 atom stereocenters. The van der Waals surface area contributed by atoms with Gasteiger partial charge in [0.05, 0.1) is 13.7 Å². The molecule has 0 unspecified atom stereocenters. The topological polar surface area (TPSA) is 80.0 Å². The quantitative estimate of drug-likeness (QED) is 0.906. The molecule has 2 rings (SSSR count). The second-order valence-electron chi connectivity index (χ2n) is 5.09. The zero-order chi connectivity index (χ0) is 18.0. The van der Waals surface area contributed by atoms with Crippen LogP contribution in [0.1, 0.15) is 32.2 Å². The number of rotatable bonds is 5. The highest BCUT2D eigenvalue weighted by Crippen LogP contribution is 2.27. The van der Waals surface area contributed by atoms with Crippen LogP contribution in [0.5, 0.6) is 5.75 Å². The maximum Gasteiger partial charge on any atom is 0.339 e. The second-order valence-corrected chi connectivity index (χ2v) is 5.09. The third-order valence-electron chi connectivity index (χ3n) is 3.42. The molecule has 0 spiro atoms. The largest absolute Gasteiger partial charge is 0.493 e. The second kappa shape index (κ2) is 6.69. The monoisotopic (exact) mass is 339 g/mol. The molecule has 128 valence electrons. The predicted octanol–water partition coefficient (Wildman–Crippen LogP) is 2.85. The average molecular weight is 339 g/mol. The molecule has 1 heterocycles. The van der Waals surface area contributed by atoms with Gasteiger partial charge >= 0.3 is 5.97 Å². The molecule has 2 aromatic rings. The van der Waals surface area contributed by atoms with E-state index in [0.717, 1.165) is 24.1 Å². The summed E-state index contributed by atoms with van der Waals surface area (Å²) in [5, 5.41) is 8.99. The Bertz CT molecular complexity index is 800. The molecular weight excluding hydrogens is 324 g/mol. The first-order chi connectivity index (χ1) is 11.3. The van der Waals surface area contributed by atoms with Crippen molar-refractivity contribution in [2.45, 2.75) is 13.5 Å². The van der Waals surface area contributed by atoms with Gasteiger partial charge in [0.25, 0.3) is 5.91 Å². The van der Waals surface area contributed by atoms with Crippen LogP contribution in [0, 0.1) is 18.6 Å². The third kappa shape index (κ3) is 3.22. The third-order valence-corrected chi connectivity index (χ3v) is 3.42. The summed E-state index contributed by atoms with van der Waals surface area (Å²) in [6, 6.07) is 2.97. The summed E-state index contributed by atoms with van der Waals surface area (Å²) in [4.78, 5) is 24.5. The Balaban J connectivity index is 2.29. The van der Waals surface area contributed by atoms with Gasteiger partial charge in [0.2, 0.25) is 0 Å². The molecule has 1 amide bonds. The number of methoxy groups -OCH3 is 1. The molecule has 0 aliphatic rings. The highest BCUT2D eigenvalue weighted by Gasteiger charge is 2.25. The fourth-order valence-corrected chi connectivity index (χ4v) is 2.26. The number of hydrogen-bond donors (Lipinski definition) is 1. The van der Waals surface area contributed by atoms with Crippen LogP contribution < -0.4 is 4.74 Å². The number of aryl methyl sites for hydroxylation is 1. The first-order valence-electron chi connectivity index (χ1n) is 6.86. The van der Waals surface area contributed by atoms with Crippen molar-refractivity contribution in [2.24, 2.45) is 0 Å². The summed E-state index contributed by atoms with van der Waals surface area (Å²) in [5.41, 5.74) is -0.567. The first-order valence-corrected chi connectivity index (χ1v) is 6.86. The summed E-state index contributed by atoms with van der Waals surface area (Å²) in [6.45, 7) is 1.36. The maximum atomic E-state index is 13.9. The van der Waals surface area contributed by atoms with Crippen LogP contribution in [0.3, 0.4) is 0 Å². The molecule has 1 N–H and O–H groups in total. The molecule has 0 saturated heterocycles. The SMILES string of the molecule is COc1c(F)ccc(F)c1C(=O)N(C)Cc1cc(C(=O)O)c(C)o1. The standard InChI is InChI=1S/C16H15F2NO5/c1-8-10(16(21)22)6-9(24-8)7-19(2)15(20)13-11(17)4-5-12(18)14(13)23-3/h4-6H,7H2,1-3H3,(H,21,22). The van der Waals surface area contributed by atoms with Crippen LogP contribution in [0.2, 0.25) is 0 Å². The van der Waals surface area contributed by atoms with E-state index in [1.54, 1.807) is 0 Å². The first kappa shape index (κ1) is 17.5. The number of hydrogen-bond acceptors (Lipinski definition) is 4. The molecule has 0 fully saturated rings. The zero-order valence-corrected chi connectivity index (χ0v) is 13.2. The highest BCUT2D eigenvalue weighted by atomic mass is 19.1. The lowest BCUT2D eigenvalue weighted by atomic mass is 10.1. The number of carbonyl (C=O) groups excluding carboxylic acids is 1. The molecule has 0 bridgehead atoms. The van der Waals surface area contributed by atoms with Gasteiger partial charge in [-0.1, -0.05) is 0 Å². The predicted molar refractivity (Wildman–Crippen MR) is 79.1 cm³/mol. The van der Waals surface area contributed by atoms with E-state index in [-0.39, 0.29) is 23.6 Å². The molecule has 0 aliphatic carbocycles. The molecular formula is C16H15F2NO5. The Labute approximate surface area is 136 Å². The van der Waals surface area contributed by atoms with E-state index < -0.39 is 34.8 Å². The normalized spacial score (nSPS) is 10.5. The zero-order valence-electron chi connectivity index (χ0n) is 13.2. The van der Waals surface area contributed by atoms with Crippen LogP contribution >= 0.6 is 0 Å².